The van der Waals surface area contributed by atoms with Gasteiger partial charge >= 0.3 is 0 Å². The summed E-state index contributed by atoms with van der Waals surface area (Å²) in [5, 5.41) is 46.5. The lowest BCUT2D eigenvalue weighted by Gasteiger charge is -2.23. The van der Waals surface area contributed by atoms with Crippen molar-refractivity contribution in [2.75, 3.05) is 55.1 Å². The van der Waals surface area contributed by atoms with E-state index < -0.39 is 10.0 Å². The maximum atomic E-state index is 12.2. The van der Waals surface area contributed by atoms with Crippen LogP contribution in [-0.2, 0) is 57.0 Å². The Morgan fingerprint density at radius 2 is 0.889 bits per heavy atom. The number of rotatable bonds is 17. The molecule has 508 valence electrons. The van der Waals surface area contributed by atoms with E-state index in [4.69, 9.17) is 24.7 Å². The zero-order valence-corrected chi connectivity index (χ0v) is 57.2. The Morgan fingerprint density at radius 1 is 0.475 bits per heavy atom. The van der Waals surface area contributed by atoms with Gasteiger partial charge in [0, 0.05) is 209 Å². The molecule has 16 rings (SSSR count). The summed E-state index contributed by atoms with van der Waals surface area (Å²) in [5.74, 6) is 5.40. The molecule has 4 fully saturated rings. The van der Waals surface area contributed by atoms with Gasteiger partial charge in [-0.1, -0.05) is 54.6 Å². The van der Waals surface area contributed by atoms with Crippen LogP contribution in [0.2, 0.25) is 0 Å². The van der Waals surface area contributed by atoms with E-state index in [0.717, 1.165) is 159 Å². The van der Waals surface area contributed by atoms with Crippen LogP contribution in [0.3, 0.4) is 0 Å². The Kier molecular flexibility index (Phi) is 18.9. The first kappa shape index (κ1) is 65.7. The molecule has 0 radical (unpaired) electrons. The highest BCUT2D eigenvalue weighted by atomic mass is 32.2. The van der Waals surface area contributed by atoms with Crippen LogP contribution in [0.5, 0.6) is 0 Å². The molecule has 2 aliphatic heterocycles. The predicted molar refractivity (Wildman–Crippen MR) is 380 cm³/mol. The fourth-order valence-corrected chi connectivity index (χ4v) is 14.5. The number of nitrogens with one attached hydrogen (secondary N) is 3. The minimum absolute atomic E-state index is 0.136. The Labute approximate surface area is 574 Å². The number of hydrogen-bond acceptors (Lipinski definition) is 19. The van der Waals surface area contributed by atoms with E-state index in [1.54, 1.807) is 32.4 Å². The second-order valence-corrected chi connectivity index (χ2v) is 28.3. The SMILES string of the molecule is Cn1cc(-c2cccc(-c3ncc(-c4cnn(C)c4)c(NC4CCC(O)C4)n3)c2)cn1.Cn1cc(-c2cccc(-c3ncc(-c4cnn(C)c4)c(NC4CCC5CN(S(C)(=O)=O)CC54)n3)c2)cn1.Cn1cc(-c2cccc(-c3ncc(-c4cnn(C)c4)c(NCC4CCOC4)n3)c2)cn1. The highest BCUT2D eigenvalue weighted by Gasteiger charge is 2.45. The van der Waals surface area contributed by atoms with E-state index in [2.05, 4.69) is 92.9 Å². The van der Waals surface area contributed by atoms with Crippen molar-refractivity contribution >= 4 is 27.5 Å². The number of anilines is 3. The number of fused-ring (bicyclic) bond motifs is 1. The van der Waals surface area contributed by atoms with E-state index in [1.165, 1.54) is 6.26 Å². The fraction of sp³-hybridized carbons (Fsp3) is 0.333. The number of hydrogen-bond donors (Lipinski definition) is 4. The molecule has 12 aromatic rings. The van der Waals surface area contributed by atoms with Crippen LogP contribution in [-0.4, -0.2) is 164 Å². The molecule has 11 heterocycles. The van der Waals surface area contributed by atoms with Crippen molar-refractivity contribution in [3.05, 3.63) is 166 Å². The van der Waals surface area contributed by atoms with Gasteiger partial charge < -0.3 is 25.8 Å². The van der Waals surface area contributed by atoms with Gasteiger partial charge in [0.05, 0.1) is 56.1 Å². The maximum absolute atomic E-state index is 12.2. The van der Waals surface area contributed by atoms with E-state index in [-0.39, 0.29) is 24.1 Å². The second-order valence-electron chi connectivity index (χ2n) is 26.3. The van der Waals surface area contributed by atoms with Crippen LogP contribution < -0.4 is 16.0 Å². The number of sulfonamides is 1. The molecule has 26 nitrogen and oxygen atoms in total. The summed E-state index contributed by atoms with van der Waals surface area (Å²) in [6.07, 6.45) is 35.0. The van der Waals surface area contributed by atoms with E-state index in [0.29, 0.717) is 42.4 Å². The standard InChI is InChI=1S/C26H30N8O2S.2C23H25N7O/c1-32-13-20(10-28-32)17-5-4-6-18(9-17)25-27-12-22(21-11-29-33(2)14-21)26(31-25)30-24-8-7-19-15-34(16-23(19)24)37(3,35)36;1-29-13-19(10-26-29)17-4-3-5-18(8-17)22-25-12-21(20-11-27-30(2)14-20)23(28-22)24-9-16-6-7-31-15-16;1-29-13-17(10-25-29)15-4-3-5-16(8-15)22-24-12-21(18-11-26-30(2)14-18)23(28-22)27-19-6-7-20(31)9-19/h4-6,9-14,19,23-24H,7-8,15-16H2,1-3H3,(H,27,30,31);3-5,8,10-14,16H,6-7,9,15H2,1-2H3,(H,24,25,28);3-5,8,10-14,19-20,31H,6-7,9H2,1-2H3,(H,24,27,28). The molecular weight excluding hydrogens is 1270 g/mol. The molecule has 2 saturated heterocycles. The molecule has 0 spiro atoms. The molecule has 0 bridgehead atoms. The Balaban J connectivity index is 0.000000127. The van der Waals surface area contributed by atoms with Crippen LogP contribution in [0.15, 0.2) is 166 Å². The monoisotopic (exact) mass is 1350 g/mol. The third kappa shape index (κ3) is 15.3. The van der Waals surface area contributed by atoms with E-state index in [1.807, 2.05) is 172 Å². The van der Waals surface area contributed by atoms with Crippen molar-refractivity contribution in [2.24, 2.45) is 60.0 Å². The number of aliphatic hydroxyl groups excluding tert-OH is 1. The fourth-order valence-electron chi connectivity index (χ4n) is 13.6. The molecule has 4 aliphatic rings. The molecule has 6 atom stereocenters. The molecule has 6 unspecified atom stereocenters. The number of benzene rings is 3. The lowest BCUT2D eigenvalue weighted by Crippen LogP contribution is -2.32. The van der Waals surface area contributed by atoms with Gasteiger partial charge in [0.1, 0.15) is 17.5 Å². The topological polar surface area (TPSA) is 287 Å². The quantitative estimate of drug-likeness (QED) is 0.0659. The zero-order valence-electron chi connectivity index (χ0n) is 56.4. The first-order chi connectivity index (χ1) is 47.9. The third-order valence-corrected chi connectivity index (χ3v) is 20.1. The maximum Gasteiger partial charge on any atom is 0.211 e. The van der Waals surface area contributed by atoms with Gasteiger partial charge in [-0.15, -0.1) is 0 Å². The van der Waals surface area contributed by atoms with Crippen molar-refractivity contribution in [2.45, 2.75) is 56.7 Å². The molecule has 4 N–H and O–H groups in total. The van der Waals surface area contributed by atoms with E-state index >= 15 is 0 Å². The first-order valence-corrected chi connectivity index (χ1v) is 35.1. The molecule has 9 aromatic heterocycles. The average Bonchev–Trinajstić information content (AvgIpc) is 1.70. The summed E-state index contributed by atoms with van der Waals surface area (Å²) >= 11 is 0. The van der Waals surface area contributed by atoms with Gasteiger partial charge in [0.25, 0.3) is 0 Å². The molecule has 0 amide bonds. The number of nitrogens with zero attached hydrogens (tertiary/aromatic N) is 19. The van der Waals surface area contributed by atoms with Crippen molar-refractivity contribution in [1.82, 2.24) is 92.9 Å². The molecule has 27 heteroatoms. The van der Waals surface area contributed by atoms with Crippen LogP contribution in [0.1, 0.15) is 38.5 Å². The van der Waals surface area contributed by atoms with Crippen LogP contribution >= 0.6 is 0 Å². The lowest BCUT2D eigenvalue weighted by atomic mass is 9.97. The van der Waals surface area contributed by atoms with Gasteiger partial charge in [-0.05, 0) is 85.3 Å². The minimum atomic E-state index is -3.19. The highest BCUT2D eigenvalue weighted by Crippen LogP contribution is 2.42. The Bertz CT molecular complexity index is 4930. The van der Waals surface area contributed by atoms with E-state index in [9.17, 15) is 13.5 Å². The number of aryl methyl sites for hydroxylation is 6. The summed E-state index contributed by atoms with van der Waals surface area (Å²) in [5.41, 5.74) is 14.8. The largest absolute Gasteiger partial charge is 0.393 e. The van der Waals surface area contributed by atoms with Gasteiger partial charge in [0.15, 0.2) is 17.5 Å². The second kappa shape index (κ2) is 28.5. The Hall–Kier alpha value is -10.6. The molecule has 2 aliphatic carbocycles. The number of ether oxygens (including phenoxy) is 1. The van der Waals surface area contributed by atoms with Crippen LogP contribution in [0.25, 0.3) is 101 Å². The smallest absolute Gasteiger partial charge is 0.211 e. The molecule has 99 heavy (non-hydrogen) atoms. The van der Waals surface area contributed by atoms with Crippen molar-refractivity contribution in [3.63, 3.8) is 0 Å². The summed E-state index contributed by atoms with van der Waals surface area (Å²) in [6.45, 7) is 3.60. The van der Waals surface area contributed by atoms with Crippen LogP contribution in [0, 0.1) is 17.8 Å². The highest BCUT2D eigenvalue weighted by molar-refractivity contribution is 7.88. The molecular formula is C72H80N22O4S. The zero-order chi connectivity index (χ0) is 68.3. The summed E-state index contributed by atoms with van der Waals surface area (Å²) < 4.78 is 42.2. The Morgan fingerprint density at radius 3 is 1.28 bits per heavy atom. The summed E-state index contributed by atoms with van der Waals surface area (Å²) in [4.78, 5) is 28.9. The average molecular weight is 1350 g/mol. The third-order valence-electron chi connectivity index (χ3n) is 18.8. The molecule has 2 saturated carbocycles. The number of aliphatic hydroxyl groups is 1. The predicted octanol–water partition coefficient (Wildman–Crippen LogP) is 9.69. The minimum Gasteiger partial charge on any atom is -0.393 e. The van der Waals surface area contributed by atoms with Crippen molar-refractivity contribution in [1.29, 1.82) is 0 Å². The van der Waals surface area contributed by atoms with Gasteiger partial charge in [-0.3, -0.25) is 28.1 Å². The van der Waals surface area contributed by atoms with Gasteiger partial charge in [-0.2, -0.15) is 30.6 Å². The van der Waals surface area contributed by atoms with Gasteiger partial charge in [-0.25, -0.2) is 42.6 Å². The van der Waals surface area contributed by atoms with Crippen LogP contribution in [0.4, 0.5) is 17.5 Å². The van der Waals surface area contributed by atoms with Crippen molar-refractivity contribution < 1.29 is 18.3 Å². The van der Waals surface area contributed by atoms with Gasteiger partial charge in [0.2, 0.25) is 10.0 Å². The molecule has 3 aromatic carbocycles. The normalized spacial score (nSPS) is 18.9. The lowest BCUT2D eigenvalue weighted by molar-refractivity contribution is 0.182. The van der Waals surface area contributed by atoms with Crippen molar-refractivity contribution in [3.8, 4) is 101 Å². The summed E-state index contributed by atoms with van der Waals surface area (Å²) in [6, 6.07) is 24.9. The summed E-state index contributed by atoms with van der Waals surface area (Å²) in [7, 11) is 8.22. The number of aromatic nitrogens is 18. The first-order valence-electron chi connectivity index (χ1n) is 33.3.